The van der Waals surface area contributed by atoms with Gasteiger partial charge >= 0.3 is 0 Å². The van der Waals surface area contributed by atoms with Crippen LogP contribution in [0.4, 0.5) is 5.69 Å². The molecule has 1 aliphatic rings. The van der Waals surface area contributed by atoms with Gasteiger partial charge in [0.1, 0.15) is 4.90 Å². The van der Waals surface area contributed by atoms with E-state index in [1.54, 1.807) is 6.07 Å². The highest BCUT2D eigenvalue weighted by Gasteiger charge is 2.29. The number of para-hydroxylation sites is 1. The first-order valence-corrected chi connectivity index (χ1v) is 11.4. The standard InChI is InChI=1S/C21H25ClN2O3S/c1-3-15-8-7-9-16(4-2)20(15)23-21(25)17-10-11-18(22)19(14-17)28(26,27)24-12-5-6-13-24/h7-11,14H,3-6,12-13H2,1-2H3,(H,23,25). The minimum atomic E-state index is -3.70. The summed E-state index contributed by atoms with van der Waals surface area (Å²) in [4.78, 5) is 12.9. The zero-order chi connectivity index (χ0) is 20.3. The molecule has 1 fully saturated rings. The van der Waals surface area contributed by atoms with Gasteiger partial charge in [0, 0.05) is 24.3 Å². The maximum atomic E-state index is 12.9. The summed E-state index contributed by atoms with van der Waals surface area (Å²) < 4.78 is 27.2. The molecule has 2 aromatic rings. The van der Waals surface area contributed by atoms with E-state index in [0.717, 1.165) is 42.5 Å². The maximum absolute atomic E-state index is 12.9. The van der Waals surface area contributed by atoms with Gasteiger partial charge in [-0.15, -0.1) is 0 Å². The SMILES string of the molecule is CCc1cccc(CC)c1NC(=O)c1ccc(Cl)c(S(=O)(=O)N2CCCC2)c1. The van der Waals surface area contributed by atoms with Gasteiger partial charge in [-0.25, -0.2) is 8.42 Å². The van der Waals surface area contributed by atoms with Crippen molar-refractivity contribution < 1.29 is 13.2 Å². The number of benzene rings is 2. The Morgan fingerprint density at radius 1 is 1.07 bits per heavy atom. The summed E-state index contributed by atoms with van der Waals surface area (Å²) in [7, 11) is -3.70. The molecule has 28 heavy (non-hydrogen) atoms. The molecule has 0 bridgehead atoms. The van der Waals surface area contributed by atoms with Crippen molar-refractivity contribution in [3.63, 3.8) is 0 Å². The normalized spacial score (nSPS) is 15.0. The quantitative estimate of drug-likeness (QED) is 0.748. The molecule has 1 heterocycles. The van der Waals surface area contributed by atoms with Crippen molar-refractivity contribution in [1.29, 1.82) is 0 Å². The van der Waals surface area contributed by atoms with Crippen molar-refractivity contribution in [3.05, 3.63) is 58.1 Å². The molecule has 150 valence electrons. The second-order valence-electron chi connectivity index (χ2n) is 6.87. The van der Waals surface area contributed by atoms with E-state index in [2.05, 4.69) is 5.32 Å². The van der Waals surface area contributed by atoms with Crippen LogP contribution in [0.1, 0.15) is 48.2 Å². The van der Waals surface area contributed by atoms with E-state index in [1.807, 2.05) is 32.0 Å². The lowest BCUT2D eigenvalue weighted by Gasteiger charge is -2.18. The fraction of sp³-hybridized carbons (Fsp3) is 0.381. The lowest BCUT2D eigenvalue weighted by Crippen LogP contribution is -2.28. The van der Waals surface area contributed by atoms with Gasteiger partial charge in [-0.05, 0) is 55.0 Å². The predicted molar refractivity (Wildman–Crippen MR) is 113 cm³/mol. The third kappa shape index (κ3) is 4.09. The number of carbonyl (C=O) groups excluding carboxylic acids is 1. The van der Waals surface area contributed by atoms with Crippen molar-refractivity contribution in [2.45, 2.75) is 44.4 Å². The highest BCUT2D eigenvalue weighted by atomic mass is 35.5. The first-order valence-electron chi connectivity index (χ1n) is 9.60. The lowest BCUT2D eigenvalue weighted by molar-refractivity contribution is 0.102. The number of halogens is 1. The fourth-order valence-electron chi connectivity index (χ4n) is 3.50. The summed E-state index contributed by atoms with van der Waals surface area (Å²) in [5.41, 5.74) is 3.17. The summed E-state index contributed by atoms with van der Waals surface area (Å²) in [5.74, 6) is -0.342. The molecule has 0 aromatic heterocycles. The number of amides is 1. The van der Waals surface area contributed by atoms with E-state index in [1.165, 1.54) is 16.4 Å². The fourth-order valence-corrected chi connectivity index (χ4v) is 5.52. The van der Waals surface area contributed by atoms with Crippen molar-refractivity contribution in [3.8, 4) is 0 Å². The highest BCUT2D eigenvalue weighted by Crippen LogP contribution is 2.29. The molecule has 1 N–H and O–H groups in total. The zero-order valence-electron chi connectivity index (χ0n) is 16.2. The van der Waals surface area contributed by atoms with Crippen LogP contribution in [0.2, 0.25) is 5.02 Å². The van der Waals surface area contributed by atoms with Crippen LogP contribution in [0.5, 0.6) is 0 Å². The van der Waals surface area contributed by atoms with Gasteiger partial charge in [0.2, 0.25) is 10.0 Å². The van der Waals surface area contributed by atoms with Crippen molar-refractivity contribution in [1.82, 2.24) is 4.31 Å². The molecular formula is C21H25ClN2O3S. The zero-order valence-corrected chi connectivity index (χ0v) is 17.7. The Labute approximate surface area is 171 Å². The van der Waals surface area contributed by atoms with Crippen LogP contribution in [0.15, 0.2) is 41.3 Å². The van der Waals surface area contributed by atoms with Crippen molar-refractivity contribution in [2.75, 3.05) is 18.4 Å². The van der Waals surface area contributed by atoms with Crippen LogP contribution in [0.3, 0.4) is 0 Å². The van der Waals surface area contributed by atoms with Gasteiger partial charge in [0.15, 0.2) is 0 Å². The topological polar surface area (TPSA) is 66.5 Å². The second-order valence-corrected chi connectivity index (χ2v) is 9.18. The number of hydrogen-bond acceptors (Lipinski definition) is 3. The van der Waals surface area contributed by atoms with Crippen molar-refractivity contribution >= 4 is 33.2 Å². The molecule has 1 amide bonds. The predicted octanol–water partition coefficient (Wildman–Crippen LogP) is 4.50. The molecule has 0 spiro atoms. The molecule has 0 saturated carbocycles. The third-order valence-corrected chi connectivity index (χ3v) is 7.49. The molecular weight excluding hydrogens is 396 g/mol. The summed E-state index contributed by atoms with van der Waals surface area (Å²) in [5, 5.41) is 3.11. The smallest absolute Gasteiger partial charge is 0.255 e. The number of anilines is 1. The van der Waals surface area contributed by atoms with E-state index < -0.39 is 10.0 Å². The molecule has 3 rings (SSSR count). The molecule has 5 nitrogen and oxygen atoms in total. The van der Waals surface area contributed by atoms with Crippen LogP contribution < -0.4 is 5.32 Å². The van der Waals surface area contributed by atoms with Gasteiger partial charge < -0.3 is 5.32 Å². The van der Waals surface area contributed by atoms with E-state index in [9.17, 15) is 13.2 Å². The van der Waals surface area contributed by atoms with Gasteiger partial charge in [-0.3, -0.25) is 4.79 Å². The first-order chi connectivity index (χ1) is 13.4. The van der Waals surface area contributed by atoms with Crippen LogP contribution in [-0.2, 0) is 22.9 Å². The summed E-state index contributed by atoms with van der Waals surface area (Å²) in [6.45, 7) is 5.04. The number of nitrogens with one attached hydrogen (secondary N) is 1. The Balaban J connectivity index is 1.94. The van der Waals surface area contributed by atoms with Crippen LogP contribution in [-0.4, -0.2) is 31.7 Å². The Bertz CT molecular complexity index is 961. The molecule has 0 radical (unpaired) electrons. The van der Waals surface area contributed by atoms with E-state index >= 15 is 0 Å². The number of aryl methyl sites for hydroxylation is 2. The first kappa shape index (κ1) is 20.8. The van der Waals surface area contributed by atoms with E-state index in [0.29, 0.717) is 13.1 Å². The second kappa shape index (κ2) is 8.64. The molecule has 2 aromatic carbocycles. The lowest BCUT2D eigenvalue weighted by atomic mass is 10.0. The van der Waals surface area contributed by atoms with Gasteiger partial charge in [0.25, 0.3) is 5.91 Å². The third-order valence-electron chi connectivity index (χ3n) is 5.11. The highest BCUT2D eigenvalue weighted by molar-refractivity contribution is 7.89. The van der Waals surface area contributed by atoms with Gasteiger partial charge in [0.05, 0.1) is 5.02 Å². The average molecular weight is 421 g/mol. The van der Waals surface area contributed by atoms with E-state index in [4.69, 9.17) is 11.6 Å². The van der Waals surface area contributed by atoms with Gasteiger partial charge in [-0.2, -0.15) is 4.31 Å². The molecule has 1 aliphatic heterocycles. The number of nitrogens with zero attached hydrogens (tertiary/aromatic N) is 1. The molecule has 0 atom stereocenters. The summed E-state index contributed by atoms with van der Waals surface area (Å²) in [6.07, 6.45) is 3.26. The van der Waals surface area contributed by atoms with Gasteiger partial charge in [-0.1, -0.05) is 43.6 Å². The average Bonchev–Trinajstić information content (AvgIpc) is 3.24. The molecule has 7 heteroatoms. The van der Waals surface area contributed by atoms with Crippen molar-refractivity contribution in [2.24, 2.45) is 0 Å². The monoisotopic (exact) mass is 420 g/mol. The number of hydrogen-bond donors (Lipinski definition) is 1. The Kier molecular flexibility index (Phi) is 6.43. The molecule has 0 aliphatic carbocycles. The van der Waals surface area contributed by atoms with Crippen LogP contribution in [0.25, 0.3) is 0 Å². The largest absolute Gasteiger partial charge is 0.321 e. The number of rotatable bonds is 6. The summed E-state index contributed by atoms with van der Waals surface area (Å²) >= 11 is 6.18. The number of carbonyl (C=O) groups is 1. The maximum Gasteiger partial charge on any atom is 0.255 e. The van der Waals surface area contributed by atoms with Crippen LogP contribution >= 0.6 is 11.6 Å². The Morgan fingerprint density at radius 2 is 1.68 bits per heavy atom. The number of sulfonamides is 1. The Hall–Kier alpha value is -1.89. The minimum absolute atomic E-state index is 0.0109. The molecule has 0 unspecified atom stereocenters. The molecule has 1 saturated heterocycles. The van der Waals surface area contributed by atoms with Crippen LogP contribution in [0, 0.1) is 0 Å². The van der Waals surface area contributed by atoms with E-state index in [-0.39, 0.29) is 21.4 Å². The summed E-state index contributed by atoms with van der Waals surface area (Å²) in [6, 6.07) is 10.4. The minimum Gasteiger partial charge on any atom is -0.321 e. The Morgan fingerprint density at radius 3 is 2.25 bits per heavy atom.